The Balaban J connectivity index is 1.38. The number of aliphatic hydroxyl groups excluding tert-OH is 1. The van der Waals surface area contributed by atoms with Crippen LogP contribution in [0.2, 0.25) is 0 Å². The lowest BCUT2D eigenvalue weighted by Crippen LogP contribution is -2.53. The molecule has 7 nitrogen and oxygen atoms in total. The van der Waals surface area contributed by atoms with Gasteiger partial charge in [-0.1, -0.05) is 94.8 Å². The number of benzene rings is 5. The maximum atomic E-state index is 14.5. The molecule has 250 valence electrons. The molecular formula is C39H34BrF2N3O4. The maximum absolute atomic E-state index is 14.5. The number of aliphatic imine (C=N–C) groups is 1. The van der Waals surface area contributed by atoms with Gasteiger partial charge in [-0.05, 0) is 58.7 Å². The summed E-state index contributed by atoms with van der Waals surface area (Å²) in [6.45, 7) is 0.318. The Kier molecular flexibility index (Phi) is 10.8. The van der Waals surface area contributed by atoms with Gasteiger partial charge in [0.2, 0.25) is 5.90 Å². The predicted octanol–water partition coefficient (Wildman–Crippen LogP) is 7.48. The highest BCUT2D eigenvalue weighted by atomic mass is 79.9. The molecule has 5 aromatic rings. The van der Waals surface area contributed by atoms with Gasteiger partial charge in [0.15, 0.2) is 11.6 Å². The number of hydrogen-bond donors (Lipinski definition) is 3. The van der Waals surface area contributed by atoms with Gasteiger partial charge in [0, 0.05) is 47.7 Å². The fourth-order valence-electron chi connectivity index (χ4n) is 5.69. The van der Waals surface area contributed by atoms with Gasteiger partial charge in [-0.2, -0.15) is 0 Å². The highest BCUT2D eigenvalue weighted by Gasteiger charge is 2.53. The molecule has 0 aromatic heterocycles. The summed E-state index contributed by atoms with van der Waals surface area (Å²) < 4.78 is 41.1. The first-order chi connectivity index (χ1) is 23.9. The van der Waals surface area contributed by atoms with Crippen LogP contribution in [-0.4, -0.2) is 35.7 Å². The average Bonchev–Trinajstić information content (AvgIpc) is 3.51. The number of amides is 1. The zero-order valence-electron chi connectivity index (χ0n) is 26.4. The first-order valence-corrected chi connectivity index (χ1v) is 16.6. The van der Waals surface area contributed by atoms with E-state index in [9.17, 15) is 13.6 Å². The molecule has 1 heterocycles. The summed E-state index contributed by atoms with van der Waals surface area (Å²) in [4.78, 5) is 19.5. The van der Waals surface area contributed by atoms with Gasteiger partial charge < -0.3 is 14.6 Å². The number of hydrogen-bond acceptors (Lipinski definition) is 6. The summed E-state index contributed by atoms with van der Waals surface area (Å²) in [6, 6.07) is 35.9. The minimum atomic E-state index is -1.52. The zero-order valence-corrected chi connectivity index (χ0v) is 28.0. The molecule has 10 heteroatoms. The molecule has 5 aromatic carbocycles. The van der Waals surface area contributed by atoms with Gasteiger partial charge in [-0.3, -0.25) is 10.2 Å². The van der Waals surface area contributed by atoms with Crippen molar-refractivity contribution in [2.24, 2.45) is 4.99 Å². The molecule has 1 aliphatic rings. The van der Waals surface area contributed by atoms with Crippen molar-refractivity contribution >= 4 is 27.7 Å². The maximum Gasteiger partial charge on any atom is 0.266 e. The number of ether oxygens (including phenoxy) is 2. The number of nitrogens with one attached hydrogen (secondary N) is 2. The third-order valence-electron chi connectivity index (χ3n) is 8.26. The van der Waals surface area contributed by atoms with E-state index in [2.05, 4.69) is 26.8 Å². The number of carbonyl (C=O) groups is 1. The molecule has 0 radical (unpaired) electrons. The summed E-state index contributed by atoms with van der Waals surface area (Å²) in [5.41, 5.74) is 8.49. The number of aliphatic hydroxyl groups is 1. The van der Waals surface area contributed by atoms with Gasteiger partial charge >= 0.3 is 0 Å². The van der Waals surface area contributed by atoms with Gasteiger partial charge in [-0.15, -0.1) is 0 Å². The molecule has 3 N–H and O–H groups in total. The molecule has 2 atom stereocenters. The van der Waals surface area contributed by atoms with E-state index in [0.29, 0.717) is 24.3 Å². The molecule has 0 bridgehead atoms. The van der Waals surface area contributed by atoms with Crippen molar-refractivity contribution in [2.45, 2.75) is 31.0 Å². The summed E-state index contributed by atoms with van der Waals surface area (Å²) in [5, 5.41) is 9.09. The van der Waals surface area contributed by atoms with Gasteiger partial charge in [0.1, 0.15) is 17.4 Å². The highest BCUT2D eigenvalue weighted by molar-refractivity contribution is 9.10. The summed E-state index contributed by atoms with van der Waals surface area (Å²) in [5.74, 6) is -1.02. The monoisotopic (exact) mass is 725 g/mol. The number of carbonyl (C=O) groups excluding carboxylic acids is 1. The first-order valence-electron chi connectivity index (χ1n) is 15.8. The Morgan fingerprint density at radius 3 is 2.27 bits per heavy atom. The quantitative estimate of drug-likeness (QED) is 0.0866. The van der Waals surface area contributed by atoms with Crippen molar-refractivity contribution in [3.8, 4) is 16.9 Å². The Hall–Kier alpha value is -4.90. The van der Waals surface area contributed by atoms with E-state index in [-0.39, 0.29) is 31.0 Å². The van der Waals surface area contributed by atoms with Crippen molar-refractivity contribution in [3.05, 3.63) is 160 Å². The normalized spacial score (nSPS) is 16.9. The van der Waals surface area contributed by atoms with Crippen LogP contribution in [0.1, 0.15) is 34.8 Å². The third-order valence-corrected chi connectivity index (χ3v) is 9.04. The van der Waals surface area contributed by atoms with Crippen LogP contribution >= 0.6 is 15.9 Å². The zero-order chi connectivity index (χ0) is 34.2. The van der Waals surface area contributed by atoms with E-state index in [1.807, 2.05) is 91.0 Å². The van der Waals surface area contributed by atoms with E-state index in [1.165, 1.54) is 6.07 Å². The number of nitrogens with zero attached hydrogens (tertiary/aromatic N) is 1. The summed E-state index contributed by atoms with van der Waals surface area (Å²) >= 11 is 3.64. The minimum absolute atomic E-state index is 0.0335. The van der Waals surface area contributed by atoms with Crippen LogP contribution in [-0.2, 0) is 22.5 Å². The predicted molar refractivity (Wildman–Crippen MR) is 188 cm³/mol. The highest BCUT2D eigenvalue weighted by Crippen LogP contribution is 2.43. The Labute approximate surface area is 291 Å². The van der Waals surface area contributed by atoms with Crippen molar-refractivity contribution < 1.29 is 28.2 Å². The SMILES string of the molecule is O=C(NNCc1ccc(F)cc1F)[C@@]1(Cc2ccccc2Br)N=C(c2ccc(OCCCO)cc2)O[C@H]1c1ccc(-c2ccccc2)cc1. The summed E-state index contributed by atoms with van der Waals surface area (Å²) in [6.07, 6.45) is -0.190. The van der Waals surface area contributed by atoms with Crippen LogP contribution in [0.5, 0.6) is 5.75 Å². The Morgan fingerprint density at radius 2 is 1.55 bits per heavy atom. The van der Waals surface area contributed by atoms with E-state index >= 15 is 0 Å². The molecule has 49 heavy (non-hydrogen) atoms. The van der Waals surface area contributed by atoms with Gasteiger partial charge in [-0.25, -0.2) is 19.2 Å². The molecule has 0 fully saturated rings. The van der Waals surface area contributed by atoms with E-state index < -0.39 is 29.2 Å². The number of rotatable bonds is 13. The lowest BCUT2D eigenvalue weighted by atomic mass is 9.82. The van der Waals surface area contributed by atoms with Crippen LogP contribution in [0.15, 0.2) is 131 Å². The van der Waals surface area contributed by atoms with Crippen molar-refractivity contribution in [2.75, 3.05) is 13.2 Å². The number of halogens is 3. The van der Waals surface area contributed by atoms with Crippen LogP contribution < -0.4 is 15.6 Å². The van der Waals surface area contributed by atoms with Crippen LogP contribution in [0.4, 0.5) is 8.78 Å². The standard InChI is InChI=1S/C39H34BrF2N3O4/c40-34-10-5-4-9-30(34)24-39(38(47)45-43-25-31-15-18-32(41)23-35(31)42)36(28-13-11-27(12-14-28)26-7-2-1-3-8-26)49-37(44-39)29-16-19-33(20-17-29)48-22-6-21-46/h1-5,7-20,23,36,43,46H,6,21-22,24-25H2,(H,45,47)/t36-,39-/m0/s1. The van der Waals surface area contributed by atoms with E-state index in [4.69, 9.17) is 19.6 Å². The Morgan fingerprint density at radius 1 is 0.857 bits per heavy atom. The molecule has 0 saturated carbocycles. The first kappa shape index (κ1) is 34.0. The fraction of sp³-hybridized carbons (Fsp3) is 0.179. The molecule has 0 aliphatic carbocycles. The minimum Gasteiger partial charge on any atom is -0.494 e. The topological polar surface area (TPSA) is 92.2 Å². The van der Waals surface area contributed by atoms with Gasteiger partial charge in [0.05, 0.1) is 6.61 Å². The number of hydrazine groups is 1. The van der Waals surface area contributed by atoms with E-state index in [0.717, 1.165) is 38.9 Å². The molecule has 1 aliphatic heterocycles. The smallest absolute Gasteiger partial charge is 0.266 e. The second kappa shape index (κ2) is 15.5. The van der Waals surface area contributed by atoms with Crippen LogP contribution in [0.25, 0.3) is 11.1 Å². The van der Waals surface area contributed by atoms with Crippen LogP contribution in [0.3, 0.4) is 0 Å². The fourth-order valence-corrected chi connectivity index (χ4v) is 6.11. The molecule has 6 rings (SSSR count). The average molecular weight is 727 g/mol. The van der Waals surface area contributed by atoms with Gasteiger partial charge in [0.25, 0.3) is 5.91 Å². The molecular weight excluding hydrogens is 692 g/mol. The molecule has 0 unspecified atom stereocenters. The molecule has 0 spiro atoms. The van der Waals surface area contributed by atoms with Crippen molar-refractivity contribution in [3.63, 3.8) is 0 Å². The summed E-state index contributed by atoms with van der Waals surface area (Å²) in [7, 11) is 0. The second-order valence-electron chi connectivity index (χ2n) is 11.6. The van der Waals surface area contributed by atoms with Crippen LogP contribution in [0, 0.1) is 11.6 Å². The largest absolute Gasteiger partial charge is 0.494 e. The third kappa shape index (κ3) is 7.88. The van der Waals surface area contributed by atoms with E-state index in [1.54, 1.807) is 12.1 Å². The van der Waals surface area contributed by atoms with Crippen molar-refractivity contribution in [1.82, 2.24) is 10.9 Å². The molecule has 1 amide bonds. The lowest BCUT2D eigenvalue weighted by Gasteiger charge is -2.31. The lowest BCUT2D eigenvalue weighted by molar-refractivity contribution is -0.130. The Bertz CT molecular complexity index is 1920. The second-order valence-corrected chi connectivity index (χ2v) is 12.4. The molecule has 0 saturated heterocycles. The van der Waals surface area contributed by atoms with Crippen molar-refractivity contribution in [1.29, 1.82) is 0 Å².